The number of rotatable bonds is 4. The van der Waals surface area contributed by atoms with E-state index >= 15 is 0 Å². The Morgan fingerprint density at radius 3 is 2.94 bits per heavy atom. The van der Waals surface area contributed by atoms with Gasteiger partial charge in [0.2, 0.25) is 0 Å². The third-order valence-electron chi connectivity index (χ3n) is 2.44. The van der Waals surface area contributed by atoms with Crippen molar-refractivity contribution in [2.45, 2.75) is 13.5 Å². The first-order valence-corrected chi connectivity index (χ1v) is 5.85. The summed E-state index contributed by atoms with van der Waals surface area (Å²) in [7, 11) is 0. The van der Waals surface area contributed by atoms with Crippen molar-refractivity contribution in [3.63, 3.8) is 0 Å². The molecule has 0 atom stereocenters. The van der Waals surface area contributed by atoms with Crippen molar-refractivity contribution in [1.82, 2.24) is 4.98 Å². The van der Waals surface area contributed by atoms with Crippen LogP contribution in [-0.2, 0) is 6.61 Å². The third-order valence-corrected chi connectivity index (χ3v) is 2.74. The maximum absolute atomic E-state index is 10.9. The fourth-order valence-electron chi connectivity index (χ4n) is 1.62. The van der Waals surface area contributed by atoms with E-state index in [1.165, 1.54) is 0 Å². The molecule has 0 radical (unpaired) electrons. The van der Waals surface area contributed by atoms with Crippen LogP contribution in [0.1, 0.15) is 21.5 Å². The van der Waals surface area contributed by atoms with Gasteiger partial charge in [0.15, 0.2) is 6.29 Å². The first kappa shape index (κ1) is 12.6. The SMILES string of the molecule is Cc1cncc(COc2c(Cl)cccc2C=O)c1. The zero-order valence-electron chi connectivity index (χ0n) is 9.89. The van der Waals surface area contributed by atoms with Gasteiger partial charge in [0, 0.05) is 18.0 Å². The molecule has 0 spiro atoms. The molecule has 0 N–H and O–H groups in total. The highest BCUT2D eigenvalue weighted by Crippen LogP contribution is 2.28. The third kappa shape index (κ3) is 2.87. The van der Waals surface area contributed by atoms with Crippen LogP contribution in [0.25, 0.3) is 0 Å². The average molecular weight is 262 g/mol. The predicted molar refractivity (Wildman–Crippen MR) is 70.1 cm³/mol. The van der Waals surface area contributed by atoms with Crippen LogP contribution < -0.4 is 4.74 Å². The Balaban J connectivity index is 2.18. The normalized spacial score (nSPS) is 10.1. The highest BCUT2D eigenvalue weighted by molar-refractivity contribution is 6.32. The molecule has 92 valence electrons. The predicted octanol–water partition coefficient (Wildman–Crippen LogP) is 3.43. The molecule has 1 aromatic heterocycles. The lowest BCUT2D eigenvalue weighted by molar-refractivity contribution is 0.111. The van der Waals surface area contributed by atoms with Crippen LogP contribution in [-0.4, -0.2) is 11.3 Å². The minimum absolute atomic E-state index is 0.333. The highest BCUT2D eigenvalue weighted by Gasteiger charge is 2.08. The van der Waals surface area contributed by atoms with E-state index in [0.717, 1.165) is 17.4 Å². The molecule has 0 saturated heterocycles. The molecule has 1 aromatic carbocycles. The summed E-state index contributed by atoms with van der Waals surface area (Å²) >= 11 is 6.01. The van der Waals surface area contributed by atoms with Gasteiger partial charge in [-0.1, -0.05) is 17.7 Å². The molecule has 0 aliphatic rings. The van der Waals surface area contributed by atoms with Gasteiger partial charge in [0.25, 0.3) is 0 Å². The molecule has 18 heavy (non-hydrogen) atoms. The van der Waals surface area contributed by atoms with Crippen LogP contribution in [0.15, 0.2) is 36.7 Å². The monoisotopic (exact) mass is 261 g/mol. The van der Waals surface area contributed by atoms with Gasteiger partial charge in [0.05, 0.1) is 10.6 Å². The first-order chi connectivity index (χ1) is 8.70. The smallest absolute Gasteiger partial charge is 0.153 e. The Morgan fingerprint density at radius 1 is 1.39 bits per heavy atom. The van der Waals surface area contributed by atoms with Crippen molar-refractivity contribution in [2.24, 2.45) is 0 Å². The number of aldehydes is 1. The van der Waals surface area contributed by atoms with Gasteiger partial charge >= 0.3 is 0 Å². The molecule has 0 aliphatic carbocycles. The van der Waals surface area contributed by atoms with E-state index in [-0.39, 0.29) is 0 Å². The minimum Gasteiger partial charge on any atom is -0.487 e. The quantitative estimate of drug-likeness (QED) is 0.792. The van der Waals surface area contributed by atoms with Crippen LogP contribution in [0.3, 0.4) is 0 Å². The lowest BCUT2D eigenvalue weighted by Gasteiger charge is -2.10. The molecule has 2 rings (SSSR count). The number of nitrogens with zero attached hydrogens (tertiary/aromatic N) is 1. The Kier molecular flexibility index (Phi) is 3.95. The van der Waals surface area contributed by atoms with E-state index in [0.29, 0.717) is 22.9 Å². The number of pyridine rings is 1. The summed E-state index contributed by atoms with van der Waals surface area (Å²) in [6, 6.07) is 7.05. The first-order valence-electron chi connectivity index (χ1n) is 5.47. The number of hydrogen-bond donors (Lipinski definition) is 0. The molecule has 0 saturated carbocycles. The zero-order chi connectivity index (χ0) is 13.0. The van der Waals surface area contributed by atoms with Crippen molar-refractivity contribution in [3.05, 3.63) is 58.4 Å². The van der Waals surface area contributed by atoms with Crippen LogP contribution in [0.5, 0.6) is 5.75 Å². The lowest BCUT2D eigenvalue weighted by atomic mass is 10.2. The van der Waals surface area contributed by atoms with Crippen molar-refractivity contribution < 1.29 is 9.53 Å². The summed E-state index contributed by atoms with van der Waals surface area (Å²) in [5.41, 5.74) is 2.45. The standard InChI is InChI=1S/C14H12ClNO2/c1-10-5-11(7-16-6-10)9-18-14-12(8-17)3-2-4-13(14)15/h2-8H,9H2,1H3. The van der Waals surface area contributed by atoms with E-state index in [4.69, 9.17) is 16.3 Å². The summed E-state index contributed by atoms with van der Waals surface area (Å²) < 4.78 is 5.60. The highest BCUT2D eigenvalue weighted by atomic mass is 35.5. The Morgan fingerprint density at radius 2 is 2.22 bits per heavy atom. The summed E-state index contributed by atoms with van der Waals surface area (Å²) in [4.78, 5) is 15.0. The second-order valence-corrected chi connectivity index (χ2v) is 4.34. The van der Waals surface area contributed by atoms with Crippen molar-refractivity contribution in [3.8, 4) is 5.75 Å². The molecular formula is C14H12ClNO2. The molecular weight excluding hydrogens is 250 g/mol. The second kappa shape index (κ2) is 5.65. The van der Waals surface area contributed by atoms with Gasteiger partial charge in [0.1, 0.15) is 12.4 Å². The van der Waals surface area contributed by atoms with Gasteiger partial charge in [-0.3, -0.25) is 9.78 Å². The maximum atomic E-state index is 10.9. The number of aromatic nitrogens is 1. The summed E-state index contributed by atoms with van der Waals surface area (Å²) in [5.74, 6) is 0.413. The van der Waals surface area contributed by atoms with Crippen LogP contribution in [0, 0.1) is 6.92 Å². The Labute approximate surface area is 110 Å². The van der Waals surface area contributed by atoms with E-state index < -0.39 is 0 Å². The maximum Gasteiger partial charge on any atom is 0.153 e. The lowest BCUT2D eigenvalue weighted by Crippen LogP contribution is -1.99. The van der Waals surface area contributed by atoms with Crippen LogP contribution in [0.2, 0.25) is 5.02 Å². The van der Waals surface area contributed by atoms with Gasteiger partial charge in [-0.05, 0) is 30.7 Å². The van der Waals surface area contributed by atoms with Crippen molar-refractivity contribution >= 4 is 17.9 Å². The number of carbonyl (C=O) groups excluding carboxylic acids is 1. The van der Waals surface area contributed by atoms with Gasteiger partial charge in [-0.2, -0.15) is 0 Å². The minimum atomic E-state index is 0.333. The molecule has 4 heteroatoms. The number of hydrogen-bond acceptors (Lipinski definition) is 3. The fourth-order valence-corrected chi connectivity index (χ4v) is 1.86. The summed E-state index contributed by atoms with van der Waals surface area (Å²) in [6.07, 6.45) is 4.23. The number of benzene rings is 1. The topological polar surface area (TPSA) is 39.2 Å². The summed E-state index contributed by atoms with van der Waals surface area (Å²) in [6.45, 7) is 2.29. The van der Waals surface area contributed by atoms with E-state index in [2.05, 4.69) is 4.98 Å². The number of carbonyl (C=O) groups is 1. The second-order valence-electron chi connectivity index (χ2n) is 3.94. The van der Waals surface area contributed by atoms with Crippen LogP contribution in [0.4, 0.5) is 0 Å². The molecule has 3 nitrogen and oxygen atoms in total. The van der Waals surface area contributed by atoms with Crippen LogP contribution >= 0.6 is 11.6 Å². The number of para-hydroxylation sites is 1. The van der Waals surface area contributed by atoms with Gasteiger partial charge < -0.3 is 4.74 Å². The molecule has 2 aromatic rings. The number of halogens is 1. The van der Waals surface area contributed by atoms with E-state index in [1.807, 2.05) is 13.0 Å². The van der Waals surface area contributed by atoms with E-state index in [9.17, 15) is 4.79 Å². The van der Waals surface area contributed by atoms with E-state index in [1.54, 1.807) is 30.6 Å². The summed E-state index contributed by atoms with van der Waals surface area (Å²) in [5, 5.41) is 0.431. The number of ether oxygens (including phenoxy) is 1. The van der Waals surface area contributed by atoms with Crippen molar-refractivity contribution in [2.75, 3.05) is 0 Å². The molecule has 0 aliphatic heterocycles. The molecule has 0 fully saturated rings. The Bertz CT molecular complexity index is 569. The van der Waals surface area contributed by atoms with Gasteiger partial charge in [-0.25, -0.2) is 0 Å². The number of aryl methyl sites for hydroxylation is 1. The largest absolute Gasteiger partial charge is 0.487 e. The molecule has 0 unspecified atom stereocenters. The average Bonchev–Trinajstić information content (AvgIpc) is 2.37. The molecule has 1 heterocycles. The fraction of sp³-hybridized carbons (Fsp3) is 0.143. The molecule has 0 bridgehead atoms. The Hall–Kier alpha value is -1.87. The van der Waals surface area contributed by atoms with Gasteiger partial charge in [-0.15, -0.1) is 0 Å². The van der Waals surface area contributed by atoms with Crippen molar-refractivity contribution in [1.29, 1.82) is 0 Å². The molecule has 0 amide bonds. The zero-order valence-corrected chi connectivity index (χ0v) is 10.6.